The average molecular weight is 475 g/mol. The van der Waals surface area contributed by atoms with Crippen LogP contribution >= 0.6 is 0 Å². The van der Waals surface area contributed by atoms with Crippen LogP contribution in [0.4, 0.5) is 5.95 Å². The van der Waals surface area contributed by atoms with Gasteiger partial charge in [-0.1, -0.05) is 24.3 Å². The number of nitrogens with zero attached hydrogens (tertiary/aromatic N) is 1. The number of nitrogen functional groups attached to an aromatic ring is 1. The van der Waals surface area contributed by atoms with Crippen molar-refractivity contribution in [2.45, 2.75) is 18.9 Å². The minimum absolute atomic E-state index is 0.0319. The zero-order chi connectivity index (χ0) is 25.1. The number of carbonyl (C=O) groups excluding carboxylic acids is 1. The maximum atomic E-state index is 12.7. The molecule has 4 rings (SSSR count). The molecule has 0 bridgehead atoms. The molecular formula is C24H21N5O6. The summed E-state index contributed by atoms with van der Waals surface area (Å²) in [4.78, 5) is 57.3. The number of fused-ring (bicyclic) bond motifs is 1. The highest BCUT2D eigenvalue weighted by Crippen LogP contribution is 2.18. The predicted molar refractivity (Wildman–Crippen MR) is 126 cm³/mol. The summed E-state index contributed by atoms with van der Waals surface area (Å²) in [7, 11) is 0. The fourth-order valence-electron chi connectivity index (χ4n) is 3.77. The van der Waals surface area contributed by atoms with Crippen LogP contribution in [0.2, 0.25) is 0 Å². The normalized spacial score (nSPS) is 11.8. The summed E-state index contributed by atoms with van der Waals surface area (Å²) in [5.74, 6) is -3.10. The summed E-state index contributed by atoms with van der Waals surface area (Å²) >= 11 is 0. The number of carbonyl (C=O) groups is 3. The van der Waals surface area contributed by atoms with Crippen LogP contribution < -0.4 is 16.6 Å². The van der Waals surface area contributed by atoms with Crippen LogP contribution in [0.3, 0.4) is 0 Å². The molecule has 35 heavy (non-hydrogen) atoms. The Morgan fingerprint density at radius 2 is 1.77 bits per heavy atom. The van der Waals surface area contributed by atoms with E-state index in [9.17, 15) is 24.3 Å². The Bertz CT molecular complexity index is 1490. The summed E-state index contributed by atoms with van der Waals surface area (Å²) in [6, 6.07) is 10.6. The number of aromatic carboxylic acids is 1. The standard InChI is InChI=1S/C24H21N5O6/c25-24-28-19-17(21(31)29-24)16(11-26-19)9-6-12-4-7-13(8-5-12)20(30)27-18(23(34)35)14-2-1-3-15(10-14)22(32)33/h1-5,7-8,10-11,18H,6,9H2,(H,27,30)(H,32,33)(H,34,35)(H4,25,26,28,29,31). The number of anilines is 1. The molecule has 4 aromatic rings. The Morgan fingerprint density at radius 1 is 1.03 bits per heavy atom. The monoisotopic (exact) mass is 475 g/mol. The third kappa shape index (κ3) is 5.03. The van der Waals surface area contributed by atoms with Crippen molar-refractivity contribution in [3.63, 3.8) is 0 Å². The minimum atomic E-state index is -1.41. The van der Waals surface area contributed by atoms with E-state index < -0.39 is 23.9 Å². The van der Waals surface area contributed by atoms with Crippen LogP contribution in [0, 0.1) is 0 Å². The molecule has 0 spiro atoms. The number of rotatable bonds is 8. The molecule has 0 aliphatic rings. The summed E-state index contributed by atoms with van der Waals surface area (Å²) in [5.41, 5.74) is 7.65. The molecule has 0 aliphatic carbocycles. The van der Waals surface area contributed by atoms with E-state index in [0.717, 1.165) is 11.1 Å². The lowest BCUT2D eigenvalue weighted by atomic mass is 10.0. The number of aromatic nitrogens is 3. The van der Waals surface area contributed by atoms with Crippen molar-refractivity contribution in [3.05, 3.63) is 92.9 Å². The van der Waals surface area contributed by atoms with Gasteiger partial charge in [-0.05, 0) is 53.8 Å². The molecule has 2 heterocycles. The molecule has 0 fully saturated rings. The van der Waals surface area contributed by atoms with Crippen LogP contribution in [0.1, 0.15) is 43.4 Å². The van der Waals surface area contributed by atoms with Crippen LogP contribution in [-0.4, -0.2) is 43.0 Å². The molecule has 178 valence electrons. The minimum Gasteiger partial charge on any atom is -0.479 e. The zero-order valence-corrected chi connectivity index (χ0v) is 18.2. The van der Waals surface area contributed by atoms with Gasteiger partial charge in [0.2, 0.25) is 5.95 Å². The average Bonchev–Trinajstić information content (AvgIpc) is 3.24. The van der Waals surface area contributed by atoms with E-state index in [1.807, 2.05) is 0 Å². The van der Waals surface area contributed by atoms with Crippen molar-refractivity contribution < 1.29 is 24.6 Å². The van der Waals surface area contributed by atoms with Gasteiger partial charge in [0.05, 0.1) is 10.9 Å². The zero-order valence-electron chi connectivity index (χ0n) is 18.2. The number of aromatic amines is 2. The Kier molecular flexibility index (Phi) is 6.32. The number of amides is 1. The third-order valence-electron chi connectivity index (χ3n) is 5.53. The van der Waals surface area contributed by atoms with Gasteiger partial charge in [-0.3, -0.25) is 14.6 Å². The lowest BCUT2D eigenvalue weighted by molar-refractivity contribution is -0.139. The summed E-state index contributed by atoms with van der Waals surface area (Å²) in [5, 5.41) is 21.6. The number of carboxylic acids is 2. The third-order valence-corrected chi connectivity index (χ3v) is 5.53. The van der Waals surface area contributed by atoms with E-state index in [1.165, 1.54) is 24.3 Å². The maximum Gasteiger partial charge on any atom is 0.335 e. The second-order valence-corrected chi connectivity index (χ2v) is 7.86. The van der Waals surface area contributed by atoms with Gasteiger partial charge >= 0.3 is 11.9 Å². The lowest BCUT2D eigenvalue weighted by Gasteiger charge is -2.15. The number of hydrogen-bond acceptors (Lipinski definition) is 6. The molecule has 7 N–H and O–H groups in total. The van der Waals surface area contributed by atoms with Gasteiger partial charge in [-0.2, -0.15) is 4.98 Å². The fourth-order valence-corrected chi connectivity index (χ4v) is 3.77. The number of aliphatic carboxylic acids is 1. The number of aryl methyl sites for hydroxylation is 2. The number of nitrogens with one attached hydrogen (secondary N) is 3. The van der Waals surface area contributed by atoms with Crippen LogP contribution in [0.25, 0.3) is 11.0 Å². The number of carboxylic acid groups (broad SMARTS) is 2. The molecule has 1 atom stereocenters. The Hall–Kier alpha value is -4.93. The highest BCUT2D eigenvalue weighted by Gasteiger charge is 2.23. The predicted octanol–water partition coefficient (Wildman–Crippen LogP) is 1.87. The molecule has 1 amide bonds. The topological polar surface area (TPSA) is 191 Å². The van der Waals surface area contributed by atoms with Crippen molar-refractivity contribution in [3.8, 4) is 0 Å². The van der Waals surface area contributed by atoms with E-state index in [4.69, 9.17) is 10.8 Å². The van der Waals surface area contributed by atoms with Crippen molar-refractivity contribution in [1.29, 1.82) is 0 Å². The largest absolute Gasteiger partial charge is 0.479 e. The molecule has 11 heteroatoms. The van der Waals surface area contributed by atoms with Gasteiger partial charge in [-0.15, -0.1) is 0 Å². The van der Waals surface area contributed by atoms with Crippen molar-refractivity contribution in [2.75, 3.05) is 5.73 Å². The van der Waals surface area contributed by atoms with Gasteiger partial charge < -0.3 is 26.2 Å². The van der Waals surface area contributed by atoms with E-state index in [0.29, 0.717) is 23.9 Å². The first-order valence-electron chi connectivity index (χ1n) is 10.5. The van der Waals surface area contributed by atoms with E-state index >= 15 is 0 Å². The molecule has 0 radical (unpaired) electrons. The van der Waals surface area contributed by atoms with Crippen molar-refractivity contribution >= 4 is 34.8 Å². The first-order chi connectivity index (χ1) is 16.7. The maximum absolute atomic E-state index is 12.7. The molecule has 1 unspecified atom stereocenters. The molecule has 0 saturated carbocycles. The van der Waals surface area contributed by atoms with Crippen LogP contribution in [-0.2, 0) is 17.6 Å². The summed E-state index contributed by atoms with van der Waals surface area (Å²) < 4.78 is 0. The van der Waals surface area contributed by atoms with Gasteiger partial charge in [0.15, 0.2) is 6.04 Å². The van der Waals surface area contributed by atoms with Gasteiger partial charge in [0, 0.05) is 11.8 Å². The smallest absolute Gasteiger partial charge is 0.335 e. The van der Waals surface area contributed by atoms with E-state index in [1.54, 1.807) is 30.5 Å². The van der Waals surface area contributed by atoms with Crippen molar-refractivity contribution in [2.24, 2.45) is 0 Å². The van der Waals surface area contributed by atoms with Gasteiger partial charge in [0.25, 0.3) is 11.5 Å². The second-order valence-electron chi connectivity index (χ2n) is 7.86. The first kappa shape index (κ1) is 23.2. The lowest BCUT2D eigenvalue weighted by Crippen LogP contribution is -2.33. The van der Waals surface area contributed by atoms with Crippen molar-refractivity contribution in [1.82, 2.24) is 20.3 Å². The first-order valence-corrected chi connectivity index (χ1v) is 10.5. The molecule has 2 aromatic carbocycles. The molecule has 2 aromatic heterocycles. The molecule has 11 nitrogen and oxygen atoms in total. The molecular weight excluding hydrogens is 454 g/mol. The highest BCUT2D eigenvalue weighted by atomic mass is 16.4. The number of benzene rings is 2. The Balaban J connectivity index is 1.45. The highest BCUT2D eigenvalue weighted by molar-refractivity contribution is 5.97. The molecule has 0 aliphatic heterocycles. The molecule has 0 saturated heterocycles. The Morgan fingerprint density at radius 3 is 2.46 bits per heavy atom. The SMILES string of the molecule is Nc1nc2[nH]cc(CCc3ccc(C(=O)NC(C(=O)O)c4cccc(C(=O)O)c4)cc3)c2c(=O)[nH]1. The van der Waals surface area contributed by atoms with E-state index in [-0.39, 0.29) is 28.2 Å². The Labute approximate surface area is 197 Å². The second kappa shape index (κ2) is 9.51. The fraction of sp³-hybridized carbons (Fsp3) is 0.125. The van der Waals surface area contributed by atoms with Gasteiger partial charge in [-0.25, -0.2) is 9.59 Å². The quantitative estimate of drug-likeness (QED) is 0.222. The van der Waals surface area contributed by atoms with Gasteiger partial charge in [0.1, 0.15) is 5.65 Å². The van der Waals surface area contributed by atoms with E-state index in [2.05, 4.69) is 20.3 Å². The van der Waals surface area contributed by atoms with Crippen LogP contribution in [0.15, 0.2) is 59.5 Å². The number of H-pyrrole nitrogens is 2. The van der Waals surface area contributed by atoms with Crippen LogP contribution in [0.5, 0.6) is 0 Å². The number of hydrogen-bond donors (Lipinski definition) is 6. The number of nitrogens with two attached hydrogens (primary N) is 1. The summed E-state index contributed by atoms with van der Waals surface area (Å²) in [6.07, 6.45) is 2.83. The summed E-state index contributed by atoms with van der Waals surface area (Å²) in [6.45, 7) is 0.